The highest BCUT2D eigenvalue weighted by atomic mass is 19.1. The number of carboxylic acids is 2. The number of hydrogen-bond acceptors (Lipinski definition) is 7. The molecule has 8 nitrogen and oxygen atoms in total. The summed E-state index contributed by atoms with van der Waals surface area (Å²) < 4.78 is 15.8. The Bertz CT molecular complexity index is 1280. The average Bonchev–Trinajstić information content (AvgIpc) is 3.28. The van der Waals surface area contributed by atoms with Crippen LogP contribution in [0.1, 0.15) is 35.4 Å². The normalized spacial score (nSPS) is 15.5. The second-order valence-electron chi connectivity index (χ2n) is 8.53. The summed E-state index contributed by atoms with van der Waals surface area (Å²) in [6.45, 7) is 3.72. The lowest BCUT2D eigenvalue weighted by Crippen LogP contribution is -2.42. The molecule has 0 N–H and O–H groups in total. The summed E-state index contributed by atoms with van der Waals surface area (Å²) in [5.74, 6) is -3.62. The molecule has 1 saturated heterocycles. The van der Waals surface area contributed by atoms with Crippen molar-refractivity contribution in [3.8, 4) is 0 Å². The van der Waals surface area contributed by atoms with Crippen LogP contribution in [-0.4, -0.2) is 51.2 Å². The Hall–Kier alpha value is -4.11. The van der Waals surface area contributed by atoms with Crippen LogP contribution in [0.4, 0.5) is 4.39 Å². The van der Waals surface area contributed by atoms with Gasteiger partial charge < -0.3 is 19.8 Å². The summed E-state index contributed by atoms with van der Waals surface area (Å²) in [5.41, 5.74) is 5.98. The van der Waals surface area contributed by atoms with Crippen molar-refractivity contribution in [1.29, 1.82) is 0 Å². The van der Waals surface area contributed by atoms with E-state index >= 15 is 0 Å². The molecule has 9 heteroatoms. The largest absolute Gasteiger partial charge is 0.543 e. The smallest absolute Gasteiger partial charge is 0.158 e. The molecule has 3 aromatic rings. The number of rotatable bonds is 3. The molecule has 0 saturated carbocycles. The minimum Gasteiger partial charge on any atom is -0.543 e. The molecule has 0 unspecified atom stereocenters. The summed E-state index contributed by atoms with van der Waals surface area (Å²) in [6, 6.07) is 15.6. The van der Waals surface area contributed by atoms with Gasteiger partial charge in [0.05, 0.1) is 11.9 Å². The predicted octanol–water partition coefficient (Wildman–Crippen LogP) is 1.07. The zero-order valence-corrected chi connectivity index (χ0v) is 19.6. The average molecular weight is 489 g/mol. The molecule has 5 rings (SSSR count). The van der Waals surface area contributed by atoms with Gasteiger partial charge in [0, 0.05) is 31.8 Å². The number of hydrogen-bond donors (Lipinski definition) is 0. The molecule has 0 amide bonds. The summed E-state index contributed by atoms with van der Waals surface area (Å²) in [5, 5.41) is 22.3. The minimum atomic E-state index is -2.19. The van der Waals surface area contributed by atoms with E-state index in [1.54, 1.807) is 18.5 Å². The highest BCUT2D eigenvalue weighted by Gasteiger charge is 2.25. The van der Waals surface area contributed by atoms with Gasteiger partial charge in [-0.1, -0.05) is 54.1 Å². The van der Waals surface area contributed by atoms with Gasteiger partial charge in [-0.15, -0.1) is 0 Å². The van der Waals surface area contributed by atoms with Crippen molar-refractivity contribution in [2.75, 3.05) is 19.6 Å². The van der Waals surface area contributed by atoms with Crippen molar-refractivity contribution in [3.05, 3.63) is 94.8 Å². The first-order valence-corrected chi connectivity index (χ1v) is 11.7. The van der Waals surface area contributed by atoms with Gasteiger partial charge in [-0.05, 0) is 48.1 Å². The number of nitrogens with zero attached hydrogens (tertiary/aromatic N) is 4. The second-order valence-corrected chi connectivity index (χ2v) is 8.53. The van der Waals surface area contributed by atoms with Crippen LogP contribution in [0.3, 0.4) is 0 Å². The van der Waals surface area contributed by atoms with Gasteiger partial charge in [0.25, 0.3) is 0 Å². The second kappa shape index (κ2) is 11.5. The van der Waals surface area contributed by atoms with Crippen LogP contribution < -0.4 is 10.2 Å². The summed E-state index contributed by atoms with van der Waals surface area (Å²) >= 11 is 0. The van der Waals surface area contributed by atoms with Crippen molar-refractivity contribution in [3.63, 3.8) is 0 Å². The number of piperidine rings is 1. The topological polar surface area (TPSA) is 114 Å². The minimum absolute atomic E-state index is 0.175. The standard InChI is InChI=1S/C25H25FN4.C2H2O4/c26-22-8-9-23-21(17-22)12-16-30-25(27-18-28-30)24(23)20-10-14-29(15-11-20)13-4-7-19-5-2-1-3-6-19;3-1(4)2(5)6/h1-9,17-18H,10-16H2;(H,3,4)(H,5,6)/p-2/b7-4+;. The van der Waals surface area contributed by atoms with Crippen LogP contribution >= 0.6 is 0 Å². The zero-order chi connectivity index (χ0) is 25.5. The molecular weight excluding hydrogens is 463 g/mol. The molecule has 0 spiro atoms. The molecule has 1 aromatic heterocycles. The zero-order valence-electron chi connectivity index (χ0n) is 19.6. The van der Waals surface area contributed by atoms with Gasteiger partial charge in [0.2, 0.25) is 0 Å². The van der Waals surface area contributed by atoms with Crippen LogP contribution in [0.15, 0.2) is 66.5 Å². The van der Waals surface area contributed by atoms with Crippen LogP contribution in [0.2, 0.25) is 0 Å². The fraction of sp³-hybridized carbons (Fsp3) is 0.259. The van der Waals surface area contributed by atoms with Crippen molar-refractivity contribution in [1.82, 2.24) is 19.7 Å². The van der Waals surface area contributed by atoms with Crippen molar-refractivity contribution in [2.24, 2.45) is 0 Å². The van der Waals surface area contributed by atoms with Crippen LogP contribution in [0, 0.1) is 5.82 Å². The number of aromatic nitrogens is 3. The lowest BCUT2D eigenvalue weighted by molar-refractivity contribution is -0.345. The van der Waals surface area contributed by atoms with Crippen LogP contribution in [-0.2, 0) is 22.6 Å². The quantitative estimate of drug-likeness (QED) is 0.507. The maximum Gasteiger partial charge on any atom is 0.158 e. The monoisotopic (exact) mass is 488 g/mol. The van der Waals surface area contributed by atoms with Gasteiger partial charge in [-0.25, -0.2) is 14.1 Å². The van der Waals surface area contributed by atoms with Gasteiger partial charge in [0.15, 0.2) is 5.82 Å². The maximum atomic E-state index is 13.9. The molecule has 1 fully saturated rings. The molecule has 0 aliphatic carbocycles. The van der Waals surface area contributed by atoms with Gasteiger partial charge in [-0.3, -0.25) is 4.90 Å². The number of carbonyl (C=O) groups is 2. The molecule has 2 aromatic carbocycles. The number of carboxylic acid groups (broad SMARTS) is 2. The Morgan fingerprint density at radius 1 is 0.972 bits per heavy atom. The molecule has 2 aliphatic heterocycles. The summed E-state index contributed by atoms with van der Waals surface area (Å²) in [4.78, 5) is 24.9. The molecule has 36 heavy (non-hydrogen) atoms. The number of likely N-dealkylation sites (tertiary alicyclic amines) is 1. The molecule has 0 atom stereocenters. The van der Waals surface area contributed by atoms with E-state index in [4.69, 9.17) is 19.8 Å². The predicted molar refractivity (Wildman–Crippen MR) is 127 cm³/mol. The highest BCUT2D eigenvalue weighted by Crippen LogP contribution is 2.35. The van der Waals surface area contributed by atoms with E-state index in [-0.39, 0.29) is 5.82 Å². The van der Waals surface area contributed by atoms with Crippen LogP contribution in [0.5, 0.6) is 0 Å². The Labute approximate surface area is 208 Å². The lowest BCUT2D eigenvalue weighted by Gasteiger charge is -2.29. The molecule has 0 radical (unpaired) electrons. The maximum absolute atomic E-state index is 13.9. The van der Waals surface area contributed by atoms with E-state index in [1.807, 2.05) is 16.8 Å². The third-order valence-corrected chi connectivity index (χ3v) is 6.22. The Kier molecular flexibility index (Phi) is 8.02. The van der Waals surface area contributed by atoms with E-state index < -0.39 is 11.9 Å². The Balaban J connectivity index is 0.000000455. The van der Waals surface area contributed by atoms with Crippen molar-refractivity contribution >= 4 is 23.6 Å². The van der Waals surface area contributed by atoms with E-state index in [9.17, 15) is 4.39 Å². The number of aliphatic carboxylic acids is 2. The Morgan fingerprint density at radius 3 is 2.39 bits per heavy atom. The molecule has 3 heterocycles. The number of carbonyl (C=O) groups excluding carboxylic acids is 2. The van der Waals surface area contributed by atoms with Gasteiger partial charge in [-0.2, -0.15) is 5.10 Å². The SMILES string of the molecule is Fc1ccc2c(c1)CCn1ncnc1C2=C1CCN(C/C=C/c2ccccc2)CC1.O=C([O-])C(=O)[O-]. The summed E-state index contributed by atoms with van der Waals surface area (Å²) in [7, 11) is 0. The molecule has 186 valence electrons. The number of benzene rings is 2. The highest BCUT2D eigenvalue weighted by molar-refractivity contribution is 6.25. The van der Waals surface area contributed by atoms with Gasteiger partial charge >= 0.3 is 0 Å². The van der Waals surface area contributed by atoms with Crippen molar-refractivity contribution < 1.29 is 24.2 Å². The Morgan fingerprint density at radius 2 is 1.69 bits per heavy atom. The van der Waals surface area contributed by atoms with E-state index in [1.165, 1.54) is 16.7 Å². The van der Waals surface area contributed by atoms with Crippen LogP contribution in [0.25, 0.3) is 11.6 Å². The third-order valence-electron chi connectivity index (χ3n) is 6.22. The van der Waals surface area contributed by atoms with E-state index in [2.05, 4.69) is 51.4 Å². The van der Waals surface area contributed by atoms with Gasteiger partial charge in [0.1, 0.15) is 12.1 Å². The lowest BCUT2D eigenvalue weighted by atomic mass is 9.90. The first-order valence-electron chi connectivity index (χ1n) is 11.7. The van der Waals surface area contributed by atoms with E-state index in [0.717, 1.165) is 62.4 Å². The molecular formula is C27H25FN4O4-2. The first-order chi connectivity index (χ1) is 17.4. The first kappa shape index (κ1) is 25.0. The van der Waals surface area contributed by atoms with Crippen molar-refractivity contribution in [2.45, 2.75) is 25.8 Å². The fourth-order valence-corrected chi connectivity index (χ4v) is 4.49. The number of halogens is 1. The summed E-state index contributed by atoms with van der Waals surface area (Å²) in [6.07, 6.45) is 8.83. The number of aryl methyl sites for hydroxylation is 2. The number of fused-ring (bicyclic) bond motifs is 2. The molecule has 2 aliphatic rings. The fourth-order valence-electron chi connectivity index (χ4n) is 4.49. The molecule has 0 bridgehead atoms. The van der Waals surface area contributed by atoms with E-state index in [0.29, 0.717) is 0 Å². The third kappa shape index (κ3) is 6.11.